The Morgan fingerprint density at radius 3 is 2.48 bits per heavy atom. The van der Waals surface area contributed by atoms with Gasteiger partial charge in [0.2, 0.25) is 0 Å². The molecule has 1 aromatic carbocycles. The van der Waals surface area contributed by atoms with Crippen molar-refractivity contribution in [2.75, 3.05) is 33.4 Å². The van der Waals surface area contributed by atoms with Crippen molar-refractivity contribution in [2.24, 2.45) is 0 Å². The SMILES string of the molecule is COc1ccc(CN2CCC(N3CCOC3=O)CC2)cc1. The van der Waals surface area contributed by atoms with Crippen LogP contribution in [-0.4, -0.2) is 55.3 Å². The molecule has 2 aliphatic heterocycles. The summed E-state index contributed by atoms with van der Waals surface area (Å²) in [5.41, 5.74) is 1.30. The number of hydrogen-bond donors (Lipinski definition) is 0. The van der Waals surface area contributed by atoms with Gasteiger partial charge in [0.05, 0.1) is 13.7 Å². The number of rotatable bonds is 4. The summed E-state index contributed by atoms with van der Waals surface area (Å²) < 4.78 is 10.2. The van der Waals surface area contributed by atoms with Crippen LogP contribution in [0.3, 0.4) is 0 Å². The molecule has 0 radical (unpaired) electrons. The molecule has 2 heterocycles. The van der Waals surface area contributed by atoms with Gasteiger partial charge in [-0.1, -0.05) is 12.1 Å². The molecule has 0 aliphatic carbocycles. The van der Waals surface area contributed by atoms with Crippen molar-refractivity contribution in [3.63, 3.8) is 0 Å². The molecule has 5 heteroatoms. The number of carbonyl (C=O) groups is 1. The van der Waals surface area contributed by atoms with Gasteiger partial charge in [0, 0.05) is 25.7 Å². The van der Waals surface area contributed by atoms with Crippen LogP contribution in [0.2, 0.25) is 0 Å². The molecule has 5 nitrogen and oxygen atoms in total. The molecular weight excluding hydrogens is 268 g/mol. The van der Waals surface area contributed by atoms with Crippen LogP contribution in [0.25, 0.3) is 0 Å². The molecule has 114 valence electrons. The van der Waals surface area contributed by atoms with E-state index in [0.717, 1.165) is 44.8 Å². The number of carbonyl (C=O) groups excluding carboxylic acids is 1. The first-order valence-corrected chi connectivity index (χ1v) is 7.55. The highest BCUT2D eigenvalue weighted by Gasteiger charge is 2.32. The molecule has 0 N–H and O–H groups in total. The van der Waals surface area contributed by atoms with Gasteiger partial charge < -0.3 is 14.4 Å². The van der Waals surface area contributed by atoms with Crippen molar-refractivity contribution in [1.82, 2.24) is 9.80 Å². The lowest BCUT2D eigenvalue weighted by Crippen LogP contribution is -2.45. The van der Waals surface area contributed by atoms with E-state index in [1.165, 1.54) is 5.56 Å². The second-order valence-electron chi connectivity index (χ2n) is 5.66. The Morgan fingerprint density at radius 2 is 1.90 bits per heavy atom. The minimum atomic E-state index is -0.136. The first-order valence-electron chi connectivity index (χ1n) is 7.55. The van der Waals surface area contributed by atoms with Crippen molar-refractivity contribution >= 4 is 6.09 Å². The first-order chi connectivity index (χ1) is 10.3. The molecule has 0 spiro atoms. The summed E-state index contributed by atoms with van der Waals surface area (Å²) in [5.74, 6) is 0.894. The topological polar surface area (TPSA) is 42.0 Å². The van der Waals surface area contributed by atoms with Crippen LogP contribution in [0.1, 0.15) is 18.4 Å². The quantitative estimate of drug-likeness (QED) is 0.852. The van der Waals surface area contributed by atoms with Gasteiger partial charge in [-0.25, -0.2) is 4.79 Å². The smallest absolute Gasteiger partial charge is 0.410 e. The lowest BCUT2D eigenvalue weighted by Gasteiger charge is -2.35. The molecule has 1 aromatic rings. The van der Waals surface area contributed by atoms with E-state index in [1.54, 1.807) is 7.11 Å². The van der Waals surface area contributed by atoms with Crippen molar-refractivity contribution in [3.05, 3.63) is 29.8 Å². The van der Waals surface area contributed by atoms with Crippen LogP contribution in [0.5, 0.6) is 5.75 Å². The molecule has 0 bridgehead atoms. The van der Waals surface area contributed by atoms with E-state index in [9.17, 15) is 4.79 Å². The number of methoxy groups -OCH3 is 1. The lowest BCUT2D eigenvalue weighted by atomic mass is 10.0. The Labute approximate surface area is 125 Å². The number of nitrogens with zero attached hydrogens (tertiary/aromatic N) is 2. The Hall–Kier alpha value is -1.75. The first kappa shape index (κ1) is 14.2. The molecule has 0 unspecified atom stereocenters. The van der Waals surface area contributed by atoms with Crippen molar-refractivity contribution in [1.29, 1.82) is 0 Å². The highest BCUT2D eigenvalue weighted by molar-refractivity contribution is 5.69. The molecule has 2 fully saturated rings. The van der Waals surface area contributed by atoms with E-state index in [1.807, 2.05) is 17.0 Å². The van der Waals surface area contributed by atoms with E-state index in [0.29, 0.717) is 12.6 Å². The third-order valence-electron chi connectivity index (χ3n) is 4.36. The van der Waals surface area contributed by atoms with Gasteiger partial charge in [-0.3, -0.25) is 4.90 Å². The highest BCUT2D eigenvalue weighted by Crippen LogP contribution is 2.21. The number of likely N-dealkylation sites (tertiary alicyclic amines) is 1. The number of benzene rings is 1. The van der Waals surface area contributed by atoms with E-state index in [4.69, 9.17) is 9.47 Å². The summed E-state index contributed by atoms with van der Waals surface area (Å²) in [5, 5.41) is 0. The monoisotopic (exact) mass is 290 g/mol. The maximum absolute atomic E-state index is 11.6. The maximum atomic E-state index is 11.6. The van der Waals surface area contributed by atoms with Gasteiger partial charge in [-0.2, -0.15) is 0 Å². The van der Waals surface area contributed by atoms with Crippen LogP contribution >= 0.6 is 0 Å². The Morgan fingerprint density at radius 1 is 1.19 bits per heavy atom. The summed E-state index contributed by atoms with van der Waals surface area (Å²) in [6, 6.07) is 8.59. The zero-order valence-corrected chi connectivity index (χ0v) is 12.5. The molecular formula is C16H22N2O3. The van der Waals surface area contributed by atoms with E-state index < -0.39 is 0 Å². The van der Waals surface area contributed by atoms with Crippen molar-refractivity contribution in [2.45, 2.75) is 25.4 Å². The predicted molar refractivity (Wildman–Crippen MR) is 79.3 cm³/mol. The minimum absolute atomic E-state index is 0.136. The van der Waals surface area contributed by atoms with Gasteiger partial charge in [-0.05, 0) is 30.5 Å². The number of piperidine rings is 1. The number of ether oxygens (including phenoxy) is 2. The van der Waals surface area contributed by atoms with E-state index in [2.05, 4.69) is 17.0 Å². The molecule has 2 saturated heterocycles. The Kier molecular flexibility index (Phi) is 4.29. The zero-order chi connectivity index (χ0) is 14.7. The minimum Gasteiger partial charge on any atom is -0.497 e. The molecule has 0 aromatic heterocycles. The van der Waals surface area contributed by atoms with Crippen LogP contribution in [0.4, 0.5) is 4.79 Å². The molecule has 0 saturated carbocycles. The van der Waals surface area contributed by atoms with Gasteiger partial charge >= 0.3 is 6.09 Å². The third kappa shape index (κ3) is 3.29. The molecule has 2 aliphatic rings. The van der Waals surface area contributed by atoms with E-state index >= 15 is 0 Å². The number of amides is 1. The standard InChI is InChI=1S/C16H22N2O3/c1-20-15-4-2-13(3-5-15)12-17-8-6-14(7-9-17)18-10-11-21-16(18)19/h2-5,14H,6-12H2,1H3. The summed E-state index contributed by atoms with van der Waals surface area (Å²) in [6.07, 6.45) is 1.93. The second kappa shape index (κ2) is 6.35. The average Bonchev–Trinajstić information content (AvgIpc) is 2.95. The summed E-state index contributed by atoms with van der Waals surface area (Å²) in [6.45, 7) is 4.31. The third-order valence-corrected chi connectivity index (χ3v) is 4.36. The fourth-order valence-electron chi connectivity index (χ4n) is 3.12. The van der Waals surface area contributed by atoms with E-state index in [-0.39, 0.29) is 6.09 Å². The van der Waals surface area contributed by atoms with Crippen LogP contribution in [-0.2, 0) is 11.3 Å². The normalized spacial score (nSPS) is 20.6. The van der Waals surface area contributed by atoms with Crippen LogP contribution in [0, 0.1) is 0 Å². The summed E-state index contributed by atoms with van der Waals surface area (Å²) in [7, 11) is 1.68. The predicted octanol–water partition coefficient (Wildman–Crippen LogP) is 2.11. The largest absolute Gasteiger partial charge is 0.497 e. The van der Waals surface area contributed by atoms with Gasteiger partial charge in [-0.15, -0.1) is 0 Å². The number of hydrogen-bond acceptors (Lipinski definition) is 4. The number of cyclic esters (lactones) is 1. The lowest BCUT2D eigenvalue weighted by molar-refractivity contribution is 0.115. The second-order valence-corrected chi connectivity index (χ2v) is 5.66. The van der Waals surface area contributed by atoms with Crippen LogP contribution in [0.15, 0.2) is 24.3 Å². The summed E-state index contributed by atoms with van der Waals surface area (Å²) in [4.78, 5) is 15.9. The highest BCUT2D eigenvalue weighted by atomic mass is 16.6. The Bertz CT molecular complexity index is 481. The van der Waals surface area contributed by atoms with Gasteiger partial charge in [0.15, 0.2) is 0 Å². The maximum Gasteiger partial charge on any atom is 0.410 e. The van der Waals surface area contributed by atoms with Crippen LogP contribution < -0.4 is 4.74 Å². The van der Waals surface area contributed by atoms with Gasteiger partial charge in [0.1, 0.15) is 12.4 Å². The van der Waals surface area contributed by atoms with Gasteiger partial charge in [0.25, 0.3) is 0 Å². The van der Waals surface area contributed by atoms with Crippen molar-refractivity contribution in [3.8, 4) is 5.75 Å². The average molecular weight is 290 g/mol. The molecule has 21 heavy (non-hydrogen) atoms. The van der Waals surface area contributed by atoms with Crippen molar-refractivity contribution < 1.29 is 14.3 Å². The fraction of sp³-hybridized carbons (Fsp3) is 0.562. The zero-order valence-electron chi connectivity index (χ0n) is 12.5. The fourth-order valence-corrected chi connectivity index (χ4v) is 3.12. The molecule has 1 amide bonds. The molecule has 0 atom stereocenters. The summed E-state index contributed by atoms with van der Waals surface area (Å²) >= 11 is 0. The Balaban J connectivity index is 1.50. The molecule has 3 rings (SSSR count).